The highest BCUT2D eigenvalue weighted by Crippen LogP contribution is 2.22. The van der Waals surface area contributed by atoms with E-state index in [1.54, 1.807) is 24.3 Å². The van der Waals surface area contributed by atoms with Gasteiger partial charge in [-0.1, -0.05) is 115 Å². The van der Waals surface area contributed by atoms with Crippen LogP contribution >= 0.6 is 0 Å². The second-order valence-electron chi connectivity index (χ2n) is 13.5. The Hall–Kier alpha value is -1.96. The van der Waals surface area contributed by atoms with E-state index in [0.29, 0.717) is 104 Å². The van der Waals surface area contributed by atoms with Crippen LogP contribution in [0.2, 0.25) is 0 Å². The van der Waals surface area contributed by atoms with E-state index in [-0.39, 0.29) is 25.0 Å². The number of imide groups is 1. The molecule has 0 radical (unpaired) electrons. The minimum atomic E-state index is -0.270. The lowest BCUT2D eigenvalue weighted by Crippen LogP contribution is -2.33. The summed E-state index contributed by atoms with van der Waals surface area (Å²) in [4.78, 5) is 25.9. The fraction of sp³-hybridized carbons (Fsp3) is 0.810. The maximum absolute atomic E-state index is 12.3. The van der Waals surface area contributed by atoms with E-state index >= 15 is 0 Å². The third-order valence-corrected chi connectivity index (χ3v) is 9.08. The molecule has 1 aromatic carbocycles. The van der Waals surface area contributed by atoms with Crippen LogP contribution in [0, 0.1) is 0 Å². The van der Waals surface area contributed by atoms with Crippen molar-refractivity contribution >= 4 is 11.8 Å². The molecule has 0 bridgehead atoms. The quantitative estimate of drug-likeness (QED) is 0.0488. The molecular formula is C42H73NO10. The van der Waals surface area contributed by atoms with Crippen molar-refractivity contribution in [1.29, 1.82) is 0 Å². The topological polar surface area (TPSA) is 111 Å². The van der Waals surface area contributed by atoms with E-state index in [0.717, 1.165) is 13.0 Å². The summed E-state index contributed by atoms with van der Waals surface area (Å²) in [6.45, 7) is 10.7. The number of carbonyl (C=O) groups excluding carboxylic acids is 2. The first-order valence-corrected chi connectivity index (χ1v) is 20.8. The van der Waals surface area contributed by atoms with Crippen LogP contribution in [0.25, 0.3) is 0 Å². The van der Waals surface area contributed by atoms with Gasteiger partial charge >= 0.3 is 0 Å². The summed E-state index contributed by atoms with van der Waals surface area (Å²) >= 11 is 0. The van der Waals surface area contributed by atoms with Crippen molar-refractivity contribution in [3.8, 4) is 0 Å². The van der Waals surface area contributed by atoms with Gasteiger partial charge in [0, 0.05) is 6.61 Å². The minimum Gasteiger partial charge on any atom is -0.379 e. The highest BCUT2D eigenvalue weighted by Gasteiger charge is 2.34. The van der Waals surface area contributed by atoms with Gasteiger partial charge in [0.2, 0.25) is 0 Å². The average Bonchev–Trinajstić information content (AvgIpc) is 3.42. The minimum absolute atomic E-state index is 0.222. The predicted molar refractivity (Wildman–Crippen MR) is 208 cm³/mol. The molecule has 0 saturated carbocycles. The zero-order chi connectivity index (χ0) is 37.7. The van der Waals surface area contributed by atoms with Crippen LogP contribution in [0.1, 0.15) is 130 Å². The fourth-order valence-corrected chi connectivity index (χ4v) is 5.99. The van der Waals surface area contributed by atoms with Crippen molar-refractivity contribution in [3.05, 3.63) is 35.4 Å². The Morgan fingerprint density at radius 2 is 0.623 bits per heavy atom. The zero-order valence-corrected chi connectivity index (χ0v) is 33.2. The number of benzene rings is 1. The highest BCUT2D eigenvalue weighted by molar-refractivity contribution is 6.21. The fourth-order valence-electron chi connectivity index (χ4n) is 5.99. The summed E-state index contributed by atoms with van der Waals surface area (Å²) in [6.07, 6.45) is 22.1. The largest absolute Gasteiger partial charge is 0.379 e. The Bertz CT molecular complexity index is 961. The second-order valence-corrected chi connectivity index (χ2v) is 13.5. The van der Waals surface area contributed by atoms with Crippen molar-refractivity contribution in [3.63, 3.8) is 0 Å². The molecule has 0 unspecified atom stereocenters. The third kappa shape index (κ3) is 25.7. The Labute approximate surface area is 321 Å². The van der Waals surface area contributed by atoms with Gasteiger partial charge in [-0.2, -0.15) is 0 Å². The molecule has 0 spiro atoms. The van der Waals surface area contributed by atoms with Gasteiger partial charge in [-0.25, -0.2) is 0 Å². The number of fused-ring (bicyclic) bond motifs is 1. The van der Waals surface area contributed by atoms with Crippen molar-refractivity contribution < 1.29 is 47.5 Å². The Morgan fingerprint density at radius 3 is 0.943 bits per heavy atom. The van der Waals surface area contributed by atoms with Crippen LogP contribution in [0.4, 0.5) is 0 Å². The first-order chi connectivity index (χ1) is 26.3. The lowest BCUT2D eigenvalue weighted by Gasteiger charge is -2.13. The molecule has 1 aromatic rings. The monoisotopic (exact) mass is 752 g/mol. The SMILES string of the molecule is CCCCCCCCCCCCCCCCCCOCCOCCOCCOCCOCCOCCOCCOCCN1C(=O)c2ccccc2C1=O. The number of amides is 2. The lowest BCUT2D eigenvalue weighted by atomic mass is 10.0. The molecule has 2 rings (SSSR count). The van der Waals surface area contributed by atoms with E-state index in [1.165, 1.54) is 101 Å². The molecule has 1 aliphatic rings. The van der Waals surface area contributed by atoms with E-state index < -0.39 is 0 Å². The van der Waals surface area contributed by atoms with E-state index in [2.05, 4.69) is 6.92 Å². The van der Waals surface area contributed by atoms with Crippen molar-refractivity contribution in [2.45, 2.75) is 110 Å². The van der Waals surface area contributed by atoms with Crippen LogP contribution in [0.3, 0.4) is 0 Å². The Balaban J connectivity index is 1.15. The van der Waals surface area contributed by atoms with E-state index in [9.17, 15) is 9.59 Å². The van der Waals surface area contributed by atoms with Gasteiger partial charge in [-0.15, -0.1) is 0 Å². The first kappa shape index (κ1) is 47.2. The maximum Gasteiger partial charge on any atom is 0.261 e. The van der Waals surface area contributed by atoms with Crippen molar-refractivity contribution in [1.82, 2.24) is 4.90 Å². The summed E-state index contributed by atoms with van der Waals surface area (Å²) in [7, 11) is 0. The number of hydrogen-bond acceptors (Lipinski definition) is 10. The molecule has 11 nitrogen and oxygen atoms in total. The lowest BCUT2D eigenvalue weighted by molar-refractivity contribution is -0.0233. The molecule has 0 saturated heterocycles. The standard InChI is InChI=1S/C42H73NO10/c1-2-3-4-5-6-7-8-9-10-11-12-13-14-15-16-19-23-46-25-27-48-29-31-50-33-35-52-37-38-53-36-34-51-32-30-49-28-26-47-24-22-43-41(44)39-20-17-18-21-40(39)42(43)45/h17-18,20-21H,2-16,19,22-38H2,1H3. The molecule has 1 aliphatic heterocycles. The molecule has 53 heavy (non-hydrogen) atoms. The van der Waals surface area contributed by atoms with Crippen LogP contribution in [0.5, 0.6) is 0 Å². The molecule has 0 N–H and O–H groups in total. The van der Waals surface area contributed by atoms with E-state index in [4.69, 9.17) is 37.9 Å². The third-order valence-electron chi connectivity index (χ3n) is 9.08. The number of carbonyl (C=O) groups is 2. The van der Waals surface area contributed by atoms with Crippen molar-refractivity contribution in [2.75, 3.05) is 112 Å². The highest BCUT2D eigenvalue weighted by atomic mass is 16.6. The molecule has 11 heteroatoms. The van der Waals surface area contributed by atoms with Gasteiger partial charge in [0.15, 0.2) is 0 Å². The van der Waals surface area contributed by atoms with Crippen molar-refractivity contribution in [2.24, 2.45) is 0 Å². The molecule has 0 fully saturated rings. The average molecular weight is 752 g/mol. The zero-order valence-electron chi connectivity index (χ0n) is 33.2. The molecule has 0 atom stereocenters. The summed E-state index contributed by atoms with van der Waals surface area (Å²) in [5.41, 5.74) is 0.898. The molecular weight excluding hydrogens is 678 g/mol. The summed E-state index contributed by atoms with van der Waals surface area (Å²) in [6, 6.07) is 6.85. The molecule has 1 heterocycles. The number of ether oxygens (including phenoxy) is 8. The number of nitrogens with zero attached hydrogens (tertiary/aromatic N) is 1. The van der Waals surface area contributed by atoms with Crippen LogP contribution in [-0.4, -0.2) is 129 Å². The van der Waals surface area contributed by atoms with Gasteiger partial charge in [0.05, 0.1) is 117 Å². The van der Waals surface area contributed by atoms with Crippen LogP contribution in [-0.2, 0) is 37.9 Å². The summed E-state index contributed by atoms with van der Waals surface area (Å²) < 4.78 is 44.3. The number of unbranched alkanes of at least 4 members (excludes halogenated alkanes) is 15. The van der Waals surface area contributed by atoms with Gasteiger partial charge < -0.3 is 37.9 Å². The van der Waals surface area contributed by atoms with Gasteiger partial charge in [0.25, 0.3) is 11.8 Å². The maximum atomic E-state index is 12.3. The Kier molecular flexibility index (Phi) is 31.8. The normalized spacial score (nSPS) is 12.7. The second kappa shape index (κ2) is 35.7. The molecule has 0 aromatic heterocycles. The Morgan fingerprint density at radius 1 is 0.358 bits per heavy atom. The number of hydrogen-bond donors (Lipinski definition) is 0. The van der Waals surface area contributed by atoms with Gasteiger partial charge in [0.1, 0.15) is 0 Å². The smallest absolute Gasteiger partial charge is 0.261 e. The van der Waals surface area contributed by atoms with Crippen LogP contribution < -0.4 is 0 Å². The first-order valence-electron chi connectivity index (χ1n) is 20.8. The summed E-state index contributed by atoms with van der Waals surface area (Å²) in [5, 5.41) is 0. The van der Waals surface area contributed by atoms with E-state index in [1.807, 2.05) is 0 Å². The summed E-state index contributed by atoms with van der Waals surface area (Å²) in [5.74, 6) is -0.540. The number of rotatable bonds is 41. The molecule has 2 amide bonds. The molecule has 306 valence electrons. The molecule has 0 aliphatic carbocycles. The van der Waals surface area contributed by atoms with Crippen LogP contribution in [0.15, 0.2) is 24.3 Å². The predicted octanol–water partition coefficient (Wildman–Crippen LogP) is 7.68. The van der Waals surface area contributed by atoms with Gasteiger partial charge in [-0.05, 0) is 18.6 Å². The van der Waals surface area contributed by atoms with Gasteiger partial charge in [-0.3, -0.25) is 14.5 Å².